The molecule has 0 amide bonds. The highest BCUT2D eigenvalue weighted by atomic mass is 19.4. The molecule has 1 aromatic heterocycles. The molecule has 2 saturated heterocycles. The molecule has 19 heteroatoms. The zero-order valence-corrected chi connectivity index (χ0v) is 24.6. The Kier molecular flexibility index (Phi) is 15.6. The Labute approximate surface area is 262 Å². The second-order valence-electron chi connectivity index (χ2n) is 10.5. The van der Waals surface area contributed by atoms with Crippen LogP contribution in [0.4, 0.5) is 39.5 Å². The fourth-order valence-electron chi connectivity index (χ4n) is 4.76. The average Bonchev–Trinajstić information content (AvgIpc) is 3.50. The van der Waals surface area contributed by atoms with Crippen molar-refractivity contribution in [1.82, 2.24) is 14.8 Å². The zero-order valence-electron chi connectivity index (χ0n) is 24.6. The molecule has 1 aromatic carbocycles. The maximum Gasteiger partial charge on any atom is 0.490 e. The number of likely N-dealkylation sites (tertiary alicyclic amines) is 2. The number of aliphatic carboxylic acids is 3. The molecule has 3 heterocycles. The highest BCUT2D eigenvalue weighted by molar-refractivity contribution is 5.73. The molecule has 2 aliphatic rings. The number of hydrogen-bond donors (Lipinski definition) is 3. The molecule has 2 atom stereocenters. The molecule has 47 heavy (non-hydrogen) atoms. The number of ether oxygens (including phenoxy) is 1. The number of carboxylic acids is 3. The van der Waals surface area contributed by atoms with E-state index in [0.717, 1.165) is 25.3 Å². The van der Waals surface area contributed by atoms with Crippen LogP contribution in [0.2, 0.25) is 0 Å². The third-order valence-electron chi connectivity index (χ3n) is 6.73. The number of hydrogen-bond acceptors (Lipinski definition) is 7. The molecule has 2 aliphatic heterocycles. The van der Waals surface area contributed by atoms with Crippen molar-refractivity contribution < 1.29 is 74.0 Å². The van der Waals surface area contributed by atoms with Gasteiger partial charge in [0.2, 0.25) is 0 Å². The predicted molar refractivity (Wildman–Crippen MR) is 145 cm³/mol. The van der Waals surface area contributed by atoms with Crippen LogP contribution in [0, 0.1) is 11.3 Å². The van der Waals surface area contributed by atoms with E-state index in [1.807, 2.05) is 18.5 Å². The van der Waals surface area contributed by atoms with E-state index < -0.39 is 36.4 Å². The summed E-state index contributed by atoms with van der Waals surface area (Å²) in [4.78, 5) is 36.0. The Balaban J connectivity index is 0.000000430. The van der Waals surface area contributed by atoms with Gasteiger partial charge in [0, 0.05) is 49.9 Å². The van der Waals surface area contributed by atoms with Crippen molar-refractivity contribution in [3.05, 3.63) is 66.0 Å². The molecule has 3 N–H and O–H groups in total. The van der Waals surface area contributed by atoms with E-state index in [-0.39, 0.29) is 0 Å². The molecule has 2 aromatic rings. The van der Waals surface area contributed by atoms with Gasteiger partial charge in [-0.2, -0.15) is 39.5 Å². The molecule has 1 spiro atoms. The number of carbonyl (C=O) groups is 3. The maximum atomic E-state index is 10.6. The van der Waals surface area contributed by atoms with Gasteiger partial charge in [-0.05, 0) is 37.2 Å². The molecule has 264 valence electrons. The van der Waals surface area contributed by atoms with Gasteiger partial charge in [0.1, 0.15) is 0 Å². The third-order valence-corrected chi connectivity index (χ3v) is 6.73. The van der Waals surface area contributed by atoms with Gasteiger partial charge < -0.3 is 25.0 Å². The molecule has 0 saturated carbocycles. The summed E-state index contributed by atoms with van der Waals surface area (Å²) in [5.74, 6) is -7.66. The smallest absolute Gasteiger partial charge is 0.475 e. The topological polar surface area (TPSA) is 140 Å². The molecule has 0 aliphatic carbocycles. The van der Waals surface area contributed by atoms with E-state index in [4.69, 9.17) is 34.4 Å². The normalized spacial score (nSPS) is 19.8. The van der Waals surface area contributed by atoms with Crippen molar-refractivity contribution in [3.63, 3.8) is 0 Å². The average molecular weight is 694 g/mol. The summed E-state index contributed by atoms with van der Waals surface area (Å²) in [6.45, 7) is 7.30. The zero-order chi connectivity index (χ0) is 36.1. The first-order valence-corrected chi connectivity index (χ1v) is 13.4. The number of carboxylic acid groups (broad SMARTS) is 3. The Morgan fingerprint density at radius 1 is 0.830 bits per heavy atom. The summed E-state index contributed by atoms with van der Waals surface area (Å²) >= 11 is 0. The molecule has 4 rings (SSSR count). The van der Waals surface area contributed by atoms with Gasteiger partial charge in [0.25, 0.3) is 0 Å². The molecular formula is C28H32F9N3O7. The van der Waals surface area contributed by atoms with Crippen LogP contribution in [0.3, 0.4) is 0 Å². The van der Waals surface area contributed by atoms with Crippen molar-refractivity contribution in [3.8, 4) is 0 Å². The molecular weight excluding hydrogens is 661 g/mol. The molecule has 0 radical (unpaired) electrons. The van der Waals surface area contributed by atoms with Crippen molar-refractivity contribution >= 4 is 17.9 Å². The minimum Gasteiger partial charge on any atom is -0.475 e. The minimum atomic E-state index is -5.08. The summed E-state index contributed by atoms with van der Waals surface area (Å²) in [5, 5.41) is 21.4. The number of halogens is 9. The van der Waals surface area contributed by atoms with Crippen LogP contribution >= 0.6 is 0 Å². The van der Waals surface area contributed by atoms with Crippen LogP contribution in [0.5, 0.6) is 0 Å². The summed E-state index contributed by atoms with van der Waals surface area (Å²) < 4.78 is 101. The first-order valence-electron chi connectivity index (χ1n) is 13.4. The number of pyridine rings is 1. The fourth-order valence-corrected chi connectivity index (χ4v) is 4.76. The summed E-state index contributed by atoms with van der Waals surface area (Å²) in [6, 6.07) is 14.9. The van der Waals surface area contributed by atoms with Crippen LogP contribution in [0.25, 0.3) is 0 Å². The lowest BCUT2D eigenvalue weighted by molar-refractivity contribution is -0.193. The lowest BCUT2D eigenvalue weighted by Crippen LogP contribution is -2.36. The van der Waals surface area contributed by atoms with Crippen LogP contribution in [0.1, 0.15) is 17.5 Å². The van der Waals surface area contributed by atoms with Gasteiger partial charge in [-0.3, -0.25) is 9.88 Å². The van der Waals surface area contributed by atoms with Crippen molar-refractivity contribution in [2.45, 2.75) is 38.1 Å². The first-order chi connectivity index (χ1) is 21.6. The maximum absolute atomic E-state index is 10.6. The Morgan fingerprint density at radius 2 is 1.32 bits per heavy atom. The number of benzene rings is 1. The second kappa shape index (κ2) is 17.8. The van der Waals surface area contributed by atoms with Gasteiger partial charge in [0.15, 0.2) is 0 Å². The van der Waals surface area contributed by atoms with Crippen molar-refractivity contribution in [2.24, 2.45) is 11.3 Å². The standard InChI is InChI=1S/C22H29N3O.3C2HF3O2/c1-24-14-21(16-26-15-20-8-5-10-23-12-20)22(17-24)9-11-25(18-22)13-19-6-3-2-4-7-19;3*3-2(4,5)1(6)7/h2-8,10,12,21H,9,11,13-18H2,1H3;3*(H,6,7)/t21-,22+;;;/m0.../s1. The third kappa shape index (κ3) is 15.4. The summed E-state index contributed by atoms with van der Waals surface area (Å²) in [6.07, 6.45) is -10.3. The van der Waals surface area contributed by atoms with E-state index in [0.29, 0.717) is 17.9 Å². The highest BCUT2D eigenvalue weighted by Gasteiger charge is 2.49. The van der Waals surface area contributed by atoms with Crippen LogP contribution in [0.15, 0.2) is 54.9 Å². The number of rotatable bonds is 6. The molecule has 2 fully saturated rings. The highest BCUT2D eigenvalue weighted by Crippen LogP contribution is 2.44. The van der Waals surface area contributed by atoms with E-state index in [9.17, 15) is 39.5 Å². The SMILES string of the molecule is CN1C[C@@H](COCc2cccnc2)[C@]2(CCN(Cc3ccccc3)C2)C1.O=C(O)C(F)(F)F.O=C(O)C(F)(F)F.O=C(O)C(F)(F)F. The Hall–Kier alpha value is -3.97. The van der Waals surface area contributed by atoms with Crippen LogP contribution < -0.4 is 0 Å². The quantitative estimate of drug-likeness (QED) is 0.356. The van der Waals surface area contributed by atoms with Gasteiger partial charge in [-0.15, -0.1) is 0 Å². The first kappa shape index (κ1) is 41.1. The van der Waals surface area contributed by atoms with Crippen LogP contribution in [-0.4, -0.2) is 106 Å². The van der Waals surface area contributed by atoms with Gasteiger partial charge in [-0.25, -0.2) is 14.4 Å². The van der Waals surface area contributed by atoms with Crippen LogP contribution in [-0.2, 0) is 32.3 Å². The van der Waals surface area contributed by atoms with Crippen molar-refractivity contribution in [2.75, 3.05) is 39.8 Å². The number of aromatic nitrogens is 1. The van der Waals surface area contributed by atoms with Gasteiger partial charge >= 0.3 is 36.4 Å². The fraction of sp³-hybridized carbons (Fsp3) is 0.500. The minimum absolute atomic E-state index is 0.387. The second-order valence-corrected chi connectivity index (χ2v) is 10.5. The summed E-state index contributed by atoms with van der Waals surface area (Å²) in [5.41, 5.74) is 2.96. The predicted octanol–water partition coefficient (Wildman–Crippen LogP) is 4.95. The Morgan fingerprint density at radius 3 is 1.77 bits per heavy atom. The summed E-state index contributed by atoms with van der Waals surface area (Å²) in [7, 11) is 2.25. The largest absolute Gasteiger partial charge is 0.490 e. The molecule has 10 nitrogen and oxygen atoms in total. The monoisotopic (exact) mass is 693 g/mol. The van der Waals surface area contributed by atoms with Gasteiger partial charge in [0.05, 0.1) is 13.2 Å². The van der Waals surface area contributed by atoms with E-state index in [1.165, 1.54) is 31.6 Å². The van der Waals surface area contributed by atoms with Gasteiger partial charge in [-0.1, -0.05) is 36.4 Å². The van der Waals surface area contributed by atoms with Crippen molar-refractivity contribution in [1.29, 1.82) is 0 Å². The lowest BCUT2D eigenvalue weighted by Gasteiger charge is -2.30. The molecule has 0 bridgehead atoms. The van der Waals surface area contributed by atoms with E-state index in [2.05, 4.69) is 58.2 Å². The number of nitrogens with zero attached hydrogens (tertiary/aromatic N) is 3. The van der Waals surface area contributed by atoms with E-state index in [1.54, 1.807) is 0 Å². The Bertz CT molecular complexity index is 1210. The van der Waals surface area contributed by atoms with E-state index >= 15 is 0 Å². The lowest BCUT2D eigenvalue weighted by atomic mass is 9.77. The number of alkyl halides is 9. The molecule has 0 unspecified atom stereocenters.